The maximum absolute atomic E-state index is 12.7. The zero-order valence-electron chi connectivity index (χ0n) is 23.2. The molecule has 0 bridgehead atoms. The molecule has 0 aromatic heterocycles. The number of aryl methyl sites for hydroxylation is 1. The number of hydrogen-bond donors (Lipinski definition) is 0. The van der Waals surface area contributed by atoms with E-state index < -0.39 is 11.4 Å². The van der Waals surface area contributed by atoms with Crippen molar-refractivity contribution in [3.05, 3.63) is 90.0 Å². The number of benzene rings is 3. The SMILES string of the molecule is Cc1ccc(/C=C/C(=O)Oc2ccc(-c3ccc(OCOC(=O)C(C)(CC(C)C)C(C)C)cc3)cc2)cc1. The minimum Gasteiger partial charge on any atom is -0.457 e. The van der Waals surface area contributed by atoms with Crippen LogP contribution in [-0.4, -0.2) is 18.7 Å². The van der Waals surface area contributed by atoms with Crippen LogP contribution in [0.5, 0.6) is 11.5 Å². The van der Waals surface area contributed by atoms with Gasteiger partial charge in [0.2, 0.25) is 6.79 Å². The third kappa shape index (κ3) is 8.07. The van der Waals surface area contributed by atoms with Gasteiger partial charge in [-0.1, -0.05) is 81.8 Å². The first-order valence-electron chi connectivity index (χ1n) is 13.0. The Labute approximate surface area is 226 Å². The molecular weight excluding hydrogens is 476 g/mol. The molecule has 0 heterocycles. The zero-order valence-corrected chi connectivity index (χ0v) is 23.2. The molecule has 1 atom stereocenters. The van der Waals surface area contributed by atoms with Gasteiger partial charge in [-0.2, -0.15) is 0 Å². The lowest BCUT2D eigenvalue weighted by Gasteiger charge is -2.32. The molecule has 3 aromatic carbocycles. The average Bonchev–Trinajstić information content (AvgIpc) is 2.88. The van der Waals surface area contributed by atoms with Crippen molar-refractivity contribution in [3.63, 3.8) is 0 Å². The van der Waals surface area contributed by atoms with Crippen LogP contribution in [0.2, 0.25) is 0 Å². The highest BCUT2D eigenvalue weighted by molar-refractivity contribution is 5.88. The third-order valence-electron chi connectivity index (χ3n) is 6.74. The molecule has 5 nitrogen and oxygen atoms in total. The van der Waals surface area contributed by atoms with Crippen LogP contribution in [-0.2, 0) is 14.3 Å². The summed E-state index contributed by atoms with van der Waals surface area (Å²) >= 11 is 0. The highest BCUT2D eigenvalue weighted by Gasteiger charge is 2.38. The molecule has 0 aliphatic heterocycles. The summed E-state index contributed by atoms with van der Waals surface area (Å²) in [5.74, 6) is 0.984. The Balaban J connectivity index is 1.51. The Hall–Kier alpha value is -3.86. The van der Waals surface area contributed by atoms with Crippen LogP contribution in [0.4, 0.5) is 0 Å². The monoisotopic (exact) mass is 514 g/mol. The fourth-order valence-electron chi connectivity index (χ4n) is 4.17. The summed E-state index contributed by atoms with van der Waals surface area (Å²) in [6.07, 6.45) is 3.91. The van der Waals surface area contributed by atoms with Crippen molar-refractivity contribution in [2.24, 2.45) is 17.3 Å². The summed E-state index contributed by atoms with van der Waals surface area (Å²) in [6, 6.07) is 22.7. The number of ether oxygens (including phenoxy) is 3. The normalized spacial score (nSPS) is 12.9. The Morgan fingerprint density at radius 3 is 1.89 bits per heavy atom. The molecule has 0 spiro atoms. The van der Waals surface area contributed by atoms with Gasteiger partial charge in [-0.3, -0.25) is 4.79 Å². The molecule has 0 saturated heterocycles. The van der Waals surface area contributed by atoms with Gasteiger partial charge in [-0.25, -0.2) is 4.79 Å². The van der Waals surface area contributed by atoms with E-state index in [1.165, 1.54) is 11.6 Å². The minimum atomic E-state index is -0.542. The molecule has 38 heavy (non-hydrogen) atoms. The average molecular weight is 515 g/mol. The Morgan fingerprint density at radius 1 is 0.816 bits per heavy atom. The van der Waals surface area contributed by atoms with Crippen molar-refractivity contribution < 1.29 is 23.8 Å². The molecule has 3 aromatic rings. The summed E-state index contributed by atoms with van der Waals surface area (Å²) < 4.78 is 16.5. The second-order valence-corrected chi connectivity index (χ2v) is 10.6. The lowest BCUT2D eigenvalue weighted by atomic mass is 9.73. The number of rotatable bonds is 11. The van der Waals surface area contributed by atoms with Gasteiger partial charge in [0.05, 0.1) is 5.41 Å². The van der Waals surface area contributed by atoms with E-state index in [0.717, 1.165) is 23.1 Å². The molecule has 0 saturated carbocycles. The summed E-state index contributed by atoms with van der Waals surface area (Å²) in [5.41, 5.74) is 3.52. The lowest BCUT2D eigenvalue weighted by molar-refractivity contribution is -0.165. The second kappa shape index (κ2) is 13.1. The highest BCUT2D eigenvalue weighted by Crippen LogP contribution is 2.35. The highest BCUT2D eigenvalue weighted by atomic mass is 16.7. The van der Waals surface area contributed by atoms with Crippen LogP contribution in [0, 0.1) is 24.2 Å². The van der Waals surface area contributed by atoms with E-state index >= 15 is 0 Å². The maximum Gasteiger partial charge on any atom is 0.336 e. The van der Waals surface area contributed by atoms with Crippen molar-refractivity contribution in [3.8, 4) is 22.6 Å². The summed E-state index contributed by atoms with van der Waals surface area (Å²) in [5, 5.41) is 0. The van der Waals surface area contributed by atoms with Gasteiger partial charge in [0.1, 0.15) is 11.5 Å². The van der Waals surface area contributed by atoms with Crippen molar-refractivity contribution in [1.29, 1.82) is 0 Å². The summed E-state index contributed by atoms with van der Waals surface area (Å²) in [6.45, 7) is 12.2. The summed E-state index contributed by atoms with van der Waals surface area (Å²) in [7, 11) is 0. The van der Waals surface area contributed by atoms with Crippen LogP contribution in [0.3, 0.4) is 0 Å². The van der Waals surface area contributed by atoms with E-state index in [4.69, 9.17) is 14.2 Å². The van der Waals surface area contributed by atoms with Crippen LogP contribution in [0.1, 0.15) is 52.2 Å². The largest absolute Gasteiger partial charge is 0.457 e. The standard InChI is InChI=1S/C33H38O5/c1-23(2)21-33(6,24(3)4)32(35)37-22-36-29-16-12-27(13-17-29)28-14-18-30(19-15-28)38-31(34)20-11-26-9-7-25(5)8-10-26/h7-20,23-24H,21-22H2,1-6H3/b20-11+. The quantitative estimate of drug-likeness (QED) is 0.113. The van der Waals surface area contributed by atoms with E-state index in [9.17, 15) is 9.59 Å². The van der Waals surface area contributed by atoms with Gasteiger partial charge < -0.3 is 14.2 Å². The van der Waals surface area contributed by atoms with Crippen molar-refractivity contribution >= 4 is 18.0 Å². The van der Waals surface area contributed by atoms with Crippen LogP contribution >= 0.6 is 0 Å². The topological polar surface area (TPSA) is 61.8 Å². The van der Waals surface area contributed by atoms with E-state index in [0.29, 0.717) is 17.4 Å². The number of carbonyl (C=O) groups is 2. The van der Waals surface area contributed by atoms with Crippen LogP contribution in [0.25, 0.3) is 17.2 Å². The molecule has 0 N–H and O–H groups in total. The number of esters is 2. The van der Waals surface area contributed by atoms with Gasteiger partial charge in [0.25, 0.3) is 0 Å². The Kier molecular flexibility index (Phi) is 9.89. The van der Waals surface area contributed by atoms with Crippen LogP contribution < -0.4 is 9.47 Å². The van der Waals surface area contributed by atoms with Crippen molar-refractivity contribution in [1.82, 2.24) is 0 Å². The number of hydrogen-bond acceptors (Lipinski definition) is 5. The maximum atomic E-state index is 12.7. The fourth-order valence-corrected chi connectivity index (χ4v) is 4.17. The molecule has 1 unspecified atom stereocenters. The molecule has 200 valence electrons. The first-order valence-corrected chi connectivity index (χ1v) is 13.0. The Bertz CT molecular complexity index is 1220. The Morgan fingerprint density at radius 2 is 1.37 bits per heavy atom. The van der Waals surface area contributed by atoms with Crippen molar-refractivity contribution in [2.45, 2.75) is 48.0 Å². The fraction of sp³-hybridized carbons (Fsp3) is 0.333. The van der Waals surface area contributed by atoms with E-state index in [1.54, 1.807) is 18.2 Å². The van der Waals surface area contributed by atoms with Crippen molar-refractivity contribution in [2.75, 3.05) is 6.79 Å². The van der Waals surface area contributed by atoms with Gasteiger partial charge >= 0.3 is 11.9 Å². The van der Waals surface area contributed by atoms with Gasteiger partial charge in [-0.05, 0) is 79.1 Å². The molecule has 0 aliphatic rings. The molecular formula is C33H38O5. The second-order valence-electron chi connectivity index (χ2n) is 10.6. The van der Waals surface area contributed by atoms with Gasteiger partial charge in [-0.15, -0.1) is 0 Å². The predicted molar refractivity (Wildman–Crippen MR) is 152 cm³/mol. The minimum absolute atomic E-state index is 0.128. The molecule has 5 heteroatoms. The molecule has 3 rings (SSSR count). The predicted octanol–water partition coefficient (Wildman–Crippen LogP) is 7.87. The third-order valence-corrected chi connectivity index (χ3v) is 6.74. The van der Waals surface area contributed by atoms with E-state index in [-0.39, 0.29) is 18.7 Å². The van der Waals surface area contributed by atoms with Gasteiger partial charge in [0.15, 0.2) is 0 Å². The smallest absolute Gasteiger partial charge is 0.336 e. The van der Waals surface area contributed by atoms with Gasteiger partial charge in [0, 0.05) is 6.08 Å². The summed E-state index contributed by atoms with van der Waals surface area (Å²) in [4.78, 5) is 24.9. The first kappa shape index (κ1) is 28.7. The first-order chi connectivity index (χ1) is 18.1. The molecule has 0 aliphatic carbocycles. The zero-order chi connectivity index (χ0) is 27.7. The lowest BCUT2D eigenvalue weighted by Crippen LogP contribution is -2.37. The van der Waals surface area contributed by atoms with E-state index in [1.807, 2.05) is 88.4 Å². The molecule has 0 fully saturated rings. The molecule has 0 radical (unpaired) electrons. The van der Waals surface area contributed by atoms with E-state index in [2.05, 4.69) is 13.8 Å². The number of carbonyl (C=O) groups excluding carboxylic acids is 2. The molecule has 0 amide bonds. The van der Waals surface area contributed by atoms with Crippen LogP contribution in [0.15, 0.2) is 78.9 Å².